The van der Waals surface area contributed by atoms with Gasteiger partial charge in [0.05, 0.1) is 0 Å². The number of nitrogens with zero attached hydrogens (tertiary/aromatic N) is 1. The first-order valence-corrected chi connectivity index (χ1v) is 3.70. The van der Waals surface area contributed by atoms with Crippen LogP contribution in [0.4, 0.5) is 0 Å². The van der Waals surface area contributed by atoms with Crippen LogP contribution in [-0.4, -0.2) is 12.1 Å². The zero-order chi connectivity index (χ0) is 7.82. The first-order chi connectivity index (χ1) is 4.81. The van der Waals surface area contributed by atoms with Crippen LogP contribution >= 0.6 is 11.6 Å². The van der Waals surface area contributed by atoms with Crippen molar-refractivity contribution >= 4 is 17.8 Å². The molecule has 0 atom stereocenters. The molecule has 0 fully saturated rings. The molecule has 10 heavy (non-hydrogen) atoms. The average molecular weight is 158 g/mol. The summed E-state index contributed by atoms with van der Waals surface area (Å²) in [5.41, 5.74) is 1.24. The molecule has 0 saturated heterocycles. The van der Waals surface area contributed by atoms with Gasteiger partial charge in [-0.2, -0.15) is 0 Å². The van der Waals surface area contributed by atoms with Gasteiger partial charge in [-0.05, 0) is 19.4 Å². The highest BCUT2D eigenvalue weighted by atomic mass is 35.5. The van der Waals surface area contributed by atoms with Crippen LogP contribution in [0.15, 0.2) is 29.4 Å². The highest BCUT2D eigenvalue weighted by Crippen LogP contribution is 1.98. The molecule has 2 heteroatoms. The predicted octanol–water partition coefficient (Wildman–Crippen LogP) is 2.78. The third-order valence-electron chi connectivity index (χ3n) is 1.04. The Labute approximate surface area is 67.1 Å². The third-order valence-corrected chi connectivity index (χ3v) is 1.23. The van der Waals surface area contributed by atoms with E-state index < -0.39 is 0 Å². The maximum Gasteiger partial charge on any atom is 0.0266 e. The van der Waals surface area contributed by atoms with E-state index in [2.05, 4.69) is 11.6 Å². The highest BCUT2D eigenvalue weighted by molar-refractivity contribution is 6.18. The van der Waals surface area contributed by atoms with Crippen molar-refractivity contribution in [3.05, 3.63) is 24.4 Å². The fraction of sp³-hybridized carbons (Fsp3) is 0.375. The van der Waals surface area contributed by atoms with E-state index in [9.17, 15) is 0 Å². The van der Waals surface area contributed by atoms with E-state index >= 15 is 0 Å². The minimum atomic E-state index is 0.671. The lowest BCUT2D eigenvalue weighted by molar-refractivity contribution is 1.11. The molecule has 0 spiro atoms. The molecule has 56 valence electrons. The van der Waals surface area contributed by atoms with E-state index in [1.807, 2.05) is 13.0 Å². The van der Waals surface area contributed by atoms with Gasteiger partial charge in [0.2, 0.25) is 0 Å². The van der Waals surface area contributed by atoms with Crippen molar-refractivity contribution in [3.8, 4) is 0 Å². The lowest BCUT2D eigenvalue weighted by Crippen LogP contribution is -1.78. The molecule has 0 aliphatic heterocycles. The molecule has 0 unspecified atom stereocenters. The van der Waals surface area contributed by atoms with Crippen molar-refractivity contribution in [1.82, 2.24) is 0 Å². The average Bonchev–Trinajstić information content (AvgIpc) is 1.89. The minimum Gasteiger partial charge on any atom is -0.265 e. The van der Waals surface area contributed by atoms with Crippen LogP contribution in [0.25, 0.3) is 0 Å². The molecule has 1 nitrogen and oxygen atoms in total. The number of aliphatic imine (C=N–C) groups is 1. The number of hydrogen-bond acceptors (Lipinski definition) is 1. The zero-order valence-corrected chi connectivity index (χ0v) is 6.93. The summed E-state index contributed by atoms with van der Waals surface area (Å²) in [5.74, 6) is 0.671. The van der Waals surface area contributed by atoms with Crippen LogP contribution in [0.5, 0.6) is 0 Å². The quantitative estimate of drug-likeness (QED) is 0.440. The summed E-state index contributed by atoms with van der Waals surface area (Å²) in [5, 5.41) is 0. The molecular weight excluding hydrogens is 146 g/mol. The molecule has 0 N–H and O–H groups in total. The van der Waals surface area contributed by atoms with Gasteiger partial charge in [-0.25, -0.2) is 0 Å². The summed E-state index contributed by atoms with van der Waals surface area (Å²) in [4.78, 5) is 3.81. The Hall–Kier alpha value is -0.560. The van der Waals surface area contributed by atoms with Crippen molar-refractivity contribution in [2.24, 2.45) is 4.99 Å². The van der Waals surface area contributed by atoms with Gasteiger partial charge in [-0.15, -0.1) is 11.6 Å². The lowest BCUT2D eigenvalue weighted by Gasteiger charge is -1.90. The van der Waals surface area contributed by atoms with E-state index in [0.717, 1.165) is 6.42 Å². The highest BCUT2D eigenvalue weighted by Gasteiger charge is 1.83. The lowest BCUT2D eigenvalue weighted by atomic mass is 10.2. The number of rotatable bonds is 4. The number of hydrogen-bond donors (Lipinski definition) is 0. The molecule has 0 heterocycles. The van der Waals surface area contributed by atoms with Crippen LogP contribution in [0, 0.1) is 0 Å². The summed E-state index contributed by atoms with van der Waals surface area (Å²) in [6, 6.07) is 0. The standard InChI is InChI=1S/C8H12ClN/c1-3-10-7-5-8(2)4-6-9/h3,5,7H,1,4,6H2,2H3/b8-5-,10-7-. The molecule has 0 aromatic carbocycles. The van der Waals surface area contributed by atoms with E-state index in [1.54, 1.807) is 6.21 Å². The maximum atomic E-state index is 5.50. The Bertz CT molecular complexity index is 147. The molecule has 0 bridgehead atoms. The van der Waals surface area contributed by atoms with Gasteiger partial charge in [0.1, 0.15) is 0 Å². The fourth-order valence-electron chi connectivity index (χ4n) is 0.464. The predicted molar refractivity (Wildman–Crippen MR) is 47.8 cm³/mol. The van der Waals surface area contributed by atoms with Crippen molar-refractivity contribution in [2.45, 2.75) is 13.3 Å². The molecule has 0 aliphatic rings. The fourth-order valence-corrected chi connectivity index (χ4v) is 0.762. The van der Waals surface area contributed by atoms with Gasteiger partial charge in [0.25, 0.3) is 0 Å². The Morgan fingerprint density at radius 1 is 1.70 bits per heavy atom. The SMILES string of the molecule is C=C/N=C\C=C(\C)CCCl. The number of alkyl halides is 1. The molecule has 0 aliphatic carbocycles. The van der Waals surface area contributed by atoms with E-state index in [-0.39, 0.29) is 0 Å². The Kier molecular flexibility index (Phi) is 6.19. The van der Waals surface area contributed by atoms with Gasteiger partial charge in [0.15, 0.2) is 0 Å². The van der Waals surface area contributed by atoms with Gasteiger partial charge in [0, 0.05) is 18.3 Å². The summed E-state index contributed by atoms with van der Waals surface area (Å²) in [7, 11) is 0. The van der Waals surface area contributed by atoms with Crippen LogP contribution in [0.2, 0.25) is 0 Å². The summed E-state index contributed by atoms with van der Waals surface area (Å²) in [6.07, 6.45) is 6.08. The van der Waals surface area contributed by atoms with E-state index in [4.69, 9.17) is 11.6 Å². The second-order valence-corrected chi connectivity index (χ2v) is 2.31. The van der Waals surface area contributed by atoms with Gasteiger partial charge >= 0.3 is 0 Å². The normalized spacial score (nSPS) is 12.4. The van der Waals surface area contributed by atoms with E-state index in [1.165, 1.54) is 11.8 Å². The van der Waals surface area contributed by atoms with Crippen LogP contribution in [0.3, 0.4) is 0 Å². The molecule has 0 rings (SSSR count). The Morgan fingerprint density at radius 2 is 2.40 bits per heavy atom. The molecule has 0 aromatic rings. The summed E-state index contributed by atoms with van der Waals surface area (Å²) in [6.45, 7) is 5.48. The first kappa shape index (κ1) is 9.44. The second kappa shape index (κ2) is 6.56. The summed E-state index contributed by atoms with van der Waals surface area (Å²) >= 11 is 5.50. The Balaban J connectivity index is 3.67. The van der Waals surface area contributed by atoms with Crippen molar-refractivity contribution in [2.75, 3.05) is 5.88 Å². The monoisotopic (exact) mass is 157 g/mol. The maximum absolute atomic E-state index is 5.50. The van der Waals surface area contributed by atoms with Gasteiger partial charge in [-0.3, -0.25) is 4.99 Å². The molecule has 0 aromatic heterocycles. The third kappa shape index (κ3) is 5.57. The van der Waals surface area contributed by atoms with Gasteiger partial charge < -0.3 is 0 Å². The van der Waals surface area contributed by atoms with Crippen molar-refractivity contribution < 1.29 is 0 Å². The van der Waals surface area contributed by atoms with E-state index in [0.29, 0.717) is 5.88 Å². The van der Waals surface area contributed by atoms with Crippen molar-refractivity contribution in [3.63, 3.8) is 0 Å². The topological polar surface area (TPSA) is 12.4 Å². The van der Waals surface area contributed by atoms with Crippen LogP contribution in [-0.2, 0) is 0 Å². The molecular formula is C8H12ClN. The van der Waals surface area contributed by atoms with Crippen molar-refractivity contribution in [1.29, 1.82) is 0 Å². The Morgan fingerprint density at radius 3 is 2.90 bits per heavy atom. The largest absolute Gasteiger partial charge is 0.265 e. The molecule has 0 amide bonds. The molecule has 0 saturated carbocycles. The number of allylic oxidation sites excluding steroid dienone is 2. The number of halogens is 1. The second-order valence-electron chi connectivity index (χ2n) is 1.93. The molecule has 0 radical (unpaired) electrons. The van der Waals surface area contributed by atoms with Crippen LogP contribution in [0.1, 0.15) is 13.3 Å². The van der Waals surface area contributed by atoms with Crippen LogP contribution < -0.4 is 0 Å². The first-order valence-electron chi connectivity index (χ1n) is 3.17. The van der Waals surface area contributed by atoms with Gasteiger partial charge in [-0.1, -0.05) is 12.2 Å². The zero-order valence-electron chi connectivity index (χ0n) is 6.18. The minimum absolute atomic E-state index is 0.671. The smallest absolute Gasteiger partial charge is 0.0266 e. The summed E-state index contributed by atoms with van der Waals surface area (Å²) < 4.78 is 0.